The molecule has 2 aromatic rings. The molecule has 0 bridgehead atoms. The van der Waals surface area contributed by atoms with E-state index >= 15 is 0 Å². The normalized spacial score (nSPS) is 11.9. The molecule has 27 heavy (non-hydrogen) atoms. The van der Waals surface area contributed by atoms with Gasteiger partial charge in [-0.05, 0) is 47.7 Å². The molecule has 0 spiro atoms. The molecule has 0 heterocycles. The quantitative estimate of drug-likeness (QED) is 0.552. The summed E-state index contributed by atoms with van der Waals surface area (Å²) in [6.07, 6.45) is 1.10. The predicted molar refractivity (Wildman–Crippen MR) is 105 cm³/mol. The van der Waals surface area contributed by atoms with E-state index in [4.69, 9.17) is 9.47 Å². The third-order valence-electron chi connectivity index (χ3n) is 4.16. The summed E-state index contributed by atoms with van der Waals surface area (Å²) < 4.78 is 34.1. The molecule has 0 aliphatic carbocycles. The Balaban J connectivity index is 1.91. The van der Waals surface area contributed by atoms with Crippen molar-refractivity contribution in [1.29, 1.82) is 0 Å². The summed E-state index contributed by atoms with van der Waals surface area (Å²) in [5.74, 6) is 0.138. The minimum Gasteiger partial charge on any atom is -0.490 e. The van der Waals surface area contributed by atoms with Gasteiger partial charge in [0.1, 0.15) is 19.0 Å². The first-order valence-electron chi connectivity index (χ1n) is 8.69. The van der Waals surface area contributed by atoms with E-state index in [1.54, 1.807) is 13.0 Å². The van der Waals surface area contributed by atoms with Crippen LogP contribution in [0.5, 0.6) is 5.75 Å². The predicted octanol–water partition coefficient (Wildman–Crippen LogP) is 3.93. The van der Waals surface area contributed by atoms with Gasteiger partial charge in [0.2, 0.25) is 0 Å². The molecule has 0 radical (unpaired) electrons. The lowest BCUT2D eigenvalue weighted by Crippen LogP contribution is -2.14. The highest BCUT2D eigenvalue weighted by molar-refractivity contribution is 7.90. The molecule has 2 aromatic carbocycles. The van der Waals surface area contributed by atoms with Crippen molar-refractivity contribution in [1.82, 2.24) is 0 Å². The Kier molecular flexibility index (Phi) is 6.31. The monoisotopic (exact) mass is 390 g/mol. The standard InChI is InChI=1S/C21H26O5S/c1-15-6-11-18(27(5,23)24)14-19(15)20(22)26-13-12-25-17-9-7-16(8-10-17)21(2,3)4/h6-11,14H,12-13H2,1-5H3. The minimum atomic E-state index is -3.38. The van der Waals surface area contributed by atoms with Crippen molar-refractivity contribution >= 4 is 15.8 Å². The maximum Gasteiger partial charge on any atom is 0.338 e. The minimum absolute atomic E-state index is 0.0718. The number of carbonyl (C=O) groups excluding carboxylic acids is 1. The van der Waals surface area contributed by atoms with Crippen molar-refractivity contribution in [3.63, 3.8) is 0 Å². The van der Waals surface area contributed by atoms with E-state index in [1.807, 2.05) is 24.3 Å². The van der Waals surface area contributed by atoms with E-state index in [-0.39, 0.29) is 29.1 Å². The van der Waals surface area contributed by atoms with Gasteiger partial charge in [0.05, 0.1) is 10.5 Å². The number of ether oxygens (including phenoxy) is 2. The molecule has 0 aromatic heterocycles. The van der Waals surface area contributed by atoms with Crippen molar-refractivity contribution in [2.24, 2.45) is 0 Å². The summed E-state index contributed by atoms with van der Waals surface area (Å²) in [6.45, 7) is 8.44. The number of sulfone groups is 1. The highest BCUT2D eigenvalue weighted by Gasteiger charge is 2.16. The smallest absolute Gasteiger partial charge is 0.338 e. The van der Waals surface area contributed by atoms with Gasteiger partial charge in [-0.2, -0.15) is 0 Å². The van der Waals surface area contributed by atoms with Gasteiger partial charge in [0, 0.05) is 6.26 Å². The fourth-order valence-electron chi connectivity index (χ4n) is 2.47. The van der Waals surface area contributed by atoms with Crippen LogP contribution in [0.4, 0.5) is 0 Å². The molecular weight excluding hydrogens is 364 g/mol. The third-order valence-corrected chi connectivity index (χ3v) is 5.27. The van der Waals surface area contributed by atoms with Gasteiger partial charge in [-0.15, -0.1) is 0 Å². The van der Waals surface area contributed by atoms with Crippen LogP contribution in [0, 0.1) is 6.92 Å². The van der Waals surface area contributed by atoms with Gasteiger partial charge in [-0.25, -0.2) is 13.2 Å². The number of rotatable bonds is 6. The largest absolute Gasteiger partial charge is 0.490 e. The lowest BCUT2D eigenvalue weighted by Gasteiger charge is -2.19. The zero-order chi connectivity index (χ0) is 20.2. The van der Waals surface area contributed by atoms with Crippen LogP contribution in [0.25, 0.3) is 0 Å². The molecular formula is C21H26O5S. The molecule has 2 rings (SSSR count). The second kappa shape index (κ2) is 8.13. The summed E-state index contributed by atoms with van der Waals surface area (Å²) in [5, 5.41) is 0. The Morgan fingerprint density at radius 1 is 1.00 bits per heavy atom. The van der Waals surface area contributed by atoms with Gasteiger partial charge < -0.3 is 9.47 Å². The Labute approximate surface area is 161 Å². The molecule has 0 aliphatic rings. The summed E-state index contributed by atoms with van der Waals surface area (Å²) in [7, 11) is -3.38. The molecule has 0 aliphatic heterocycles. The fraction of sp³-hybridized carbons (Fsp3) is 0.381. The van der Waals surface area contributed by atoms with Crippen LogP contribution in [0.2, 0.25) is 0 Å². The Hall–Kier alpha value is -2.34. The average Bonchev–Trinajstić information content (AvgIpc) is 2.57. The third kappa shape index (κ3) is 5.82. The second-order valence-electron chi connectivity index (χ2n) is 7.51. The zero-order valence-corrected chi connectivity index (χ0v) is 17.2. The molecule has 146 valence electrons. The van der Waals surface area contributed by atoms with E-state index in [0.29, 0.717) is 11.3 Å². The molecule has 0 saturated carbocycles. The molecule has 0 atom stereocenters. The number of hydrogen-bond donors (Lipinski definition) is 0. The van der Waals surface area contributed by atoms with Crippen LogP contribution >= 0.6 is 0 Å². The van der Waals surface area contributed by atoms with Gasteiger partial charge in [-0.3, -0.25) is 0 Å². The Bertz CT molecular complexity index is 907. The Morgan fingerprint density at radius 3 is 2.19 bits per heavy atom. The second-order valence-corrected chi connectivity index (χ2v) is 9.52. The van der Waals surface area contributed by atoms with E-state index in [1.165, 1.54) is 17.7 Å². The summed E-state index contributed by atoms with van der Waals surface area (Å²) in [4.78, 5) is 12.3. The van der Waals surface area contributed by atoms with Crippen LogP contribution < -0.4 is 4.74 Å². The first kappa shape index (κ1) is 21.0. The fourth-order valence-corrected chi connectivity index (χ4v) is 3.12. The first-order valence-corrected chi connectivity index (χ1v) is 10.6. The van der Waals surface area contributed by atoms with Crippen LogP contribution in [0.15, 0.2) is 47.4 Å². The Morgan fingerprint density at radius 2 is 1.63 bits per heavy atom. The van der Waals surface area contributed by atoms with Crippen LogP contribution in [0.3, 0.4) is 0 Å². The molecule has 0 N–H and O–H groups in total. The van der Waals surface area contributed by atoms with Gasteiger partial charge in [-0.1, -0.05) is 39.0 Å². The molecule has 0 fully saturated rings. The van der Waals surface area contributed by atoms with Crippen molar-refractivity contribution in [2.75, 3.05) is 19.5 Å². The van der Waals surface area contributed by atoms with Crippen molar-refractivity contribution in [3.8, 4) is 5.75 Å². The summed E-state index contributed by atoms with van der Waals surface area (Å²) in [6, 6.07) is 12.2. The first-order chi connectivity index (χ1) is 12.5. The number of esters is 1. The maximum absolute atomic E-state index is 12.2. The molecule has 0 amide bonds. The topological polar surface area (TPSA) is 69.7 Å². The lowest BCUT2D eigenvalue weighted by atomic mass is 9.87. The zero-order valence-electron chi connectivity index (χ0n) is 16.4. The molecule has 0 saturated heterocycles. The molecule has 5 nitrogen and oxygen atoms in total. The number of aryl methyl sites for hydroxylation is 1. The summed E-state index contributed by atoms with van der Waals surface area (Å²) >= 11 is 0. The number of carbonyl (C=O) groups is 1. The van der Waals surface area contributed by atoms with Crippen LogP contribution in [0.1, 0.15) is 42.3 Å². The van der Waals surface area contributed by atoms with E-state index in [9.17, 15) is 13.2 Å². The SMILES string of the molecule is Cc1ccc(S(C)(=O)=O)cc1C(=O)OCCOc1ccc(C(C)(C)C)cc1. The van der Waals surface area contributed by atoms with Crippen molar-refractivity contribution in [3.05, 3.63) is 59.2 Å². The number of benzene rings is 2. The van der Waals surface area contributed by atoms with Gasteiger partial charge >= 0.3 is 5.97 Å². The van der Waals surface area contributed by atoms with Crippen LogP contribution in [-0.4, -0.2) is 33.9 Å². The van der Waals surface area contributed by atoms with Crippen molar-refractivity contribution in [2.45, 2.75) is 38.0 Å². The van der Waals surface area contributed by atoms with Crippen molar-refractivity contribution < 1.29 is 22.7 Å². The van der Waals surface area contributed by atoms with Crippen LogP contribution in [-0.2, 0) is 20.0 Å². The molecule has 6 heteroatoms. The summed E-state index contributed by atoms with van der Waals surface area (Å²) in [5.41, 5.74) is 2.19. The highest BCUT2D eigenvalue weighted by atomic mass is 32.2. The van der Waals surface area contributed by atoms with E-state index in [2.05, 4.69) is 20.8 Å². The number of hydrogen-bond acceptors (Lipinski definition) is 5. The average molecular weight is 391 g/mol. The van der Waals surface area contributed by atoms with Gasteiger partial charge in [0.25, 0.3) is 0 Å². The highest BCUT2D eigenvalue weighted by Crippen LogP contribution is 2.24. The van der Waals surface area contributed by atoms with E-state index in [0.717, 1.165) is 6.26 Å². The lowest BCUT2D eigenvalue weighted by molar-refractivity contribution is 0.0449. The van der Waals surface area contributed by atoms with E-state index < -0.39 is 15.8 Å². The maximum atomic E-state index is 12.2. The molecule has 0 unspecified atom stereocenters. The van der Waals surface area contributed by atoms with Gasteiger partial charge in [0.15, 0.2) is 9.84 Å².